The highest BCUT2D eigenvalue weighted by Crippen LogP contribution is 2.26. The van der Waals surface area contributed by atoms with Crippen molar-refractivity contribution in [3.05, 3.63) is 23.9 Å². The van der Waals surface area contributed by atoms with Gasteiger partial charge in [0, 0.05) is 12.7 Å². The third-order valence-electron chi connectivity index (χ3n) is 2.51. The van der Waals surface area contributed by atoms with Gasteiger partial charge < -0.3 is 4.90 Å². The molecular weight excluding hydrogens is 136 g/mol. The Labute approximate surface area is 67.8 Å². The predicted molar refractivity (Wildman–Crippen MR) is 46.0 cm³/mol. The Kier molecular flexibility index (Phi) is 1.50. The first-order chi connectivity index (χ1) is 5.29. The van der Waals surface area contributed by atoms with E-state index in [9.17, 15) is 0 Å². The van der Waals surface area contributed by atoms with Crippen LogP contribution in [0.2, 0.25) is 0 Å². The number of hydrogen-bond donors (Lipinski definition) is 0. The van der Waals surface area contributed by atoms with E-state index in [1.807, 2.05) is 0 Å². The van der Waals surface area contributed by atoms with Crippen molar-refractivity contribution in [2.45, 2.75) is 12.5 Å². The van der Waals surface area contributed by atoms with Crippen molar-refractivity contribution in [2.75, 3.05) is 20.8 Å². The minimum absolute atomic E-state index is 0.644. The third kappa shape index (κ3) is 0.979. The van der Waals surface area contributed by atoms with E-state index < -0.39 is 0 Å². The monoisotopic (exact) mass is 150 g/mol. The third-order valence-corrected chi connectivity index (χ3v) is 2.51. The Morgan fingerprint density at radius 2 is 2.27 bits per heavy atom. The molecule has 1 saturated heterocycles. The van der Waals surface area contributed by atoms with E-state index in [-0.39, 0.29) is 0 Å². The highest BCUT2D eigenvalue weighted by molar-refractivity contribution is 5.25. The van der Waals surface area contributed by atoms with E-state index in [1.165, 1.54) is 12.1 Å². The second-order valence-electron chi connectivity index (χ2n) is 3.37. The fraction of sp³-hybridized carbons (Fsp3) is 0.556. The molecule has 60 valence electrons. The quantitative estimate of drug-likeness (QED) is 0.509. The molecule has 0 amide bonds. The average molecular weight is 150 g/mol. The first kappa shape index (κ1) is 6.92. The highest BCUT2D eigenvalue weighted by atomic mass is 15.4. The summed E-state index contributed by atoms with van der Waals surface area (Å²) in [6.45, 7) is 1.07. The van der Waals surface area contributed by atoms with E-state index >= 15 is 0 Å². The normalized spacial score (nSPS) is 30.5. The maximum atomic E-state index is 2.38. The second kappa shape index (κ2) is 2.38. The molecule has 2 heteroatoms. The molecule has 11 heavy (non-hydrogen) atoms. The van der Waals surface area contributed by atoms with Crippen molar-refractivity contribution < 1.29 is 0 Å². The van der Waals surface area contributed by atoms with Crippen molar-refractivity contribution in [3.8, 4) is 0 Å². The molecule has 2 aliphatic rings. The Morgan fingerprint density at radius 1 is 1.45 bits per heavy atom. The fourth-order valence-corrected chi connectivity index (χ4v) is 1.91. The molecule has 0 N–H and O–H groups in total. The van der Waals surface area contributed by atoms with Gasteiger partial charge in [0.1, 0.15) is 0 Å². The predicted octanol–water partition coefficient (Wildman–Crippen LogP) is 1.03. The summed E-state index contributed by atoms with van der Waals surface area (Å²) in [7, 11) is 4.34. The largest absolute Gasteiger partial charge is 0.364 e. The van der Waals surface area contributed by atoms with Crippen LogP contribution in [0.3, 0.4) is 0 Å². The van der Waals surface area contributed by atoms with Crippen molar-refractivity contribution in [2.24, 2.45) is 0 Å². The van der Waals surface area contributed by atoms with Gasteiger partial charge in [0.2, 0.25) is 0 Å². The lowest BCUT2D eigenvalue weighted by molar-refractivity contribution is 0.286. The van der Waals surface area contributed by atoms with Crippen molar-refractivity contribution in [3.63, 3.8) is 0 Å². The Balaban J connectivity index is 2.27. The Hall–Kier alpha value is -0.760. The Morgan fingerprint density at radius 3 is 3.00 bits per heavy atom. The zero-order valence-corrected chi connectivity index (χ0v) is 7.12. The summed E-state index contributed by atoms with van der Waals surface area (Å²) < 4.78 is 0. The fourth-order valence-electron chi connectivity index (χ4n) is 1.91. The summed E-state index contributed by atoms with van der Waals surface area (Å²) >= 11 is 0. The van der Waals surface area contributed by atoms with E-state index in [1.54, 1.807) is 0 Å². The van der Waals surface area contributed by atoms with Crippen LogP contribution in [0.4, 0.5) is 0 Å². The van der Waals surface area contributed by atoms with Crippen LogP contribution in [0.15, 0.2) is 23.9 Å². The van der Waals surface area contributed by atoms with Crippen LogP contribution in [0, 0.1) is 0 Å². The molecule has 2 rings (SSSR count). The molecule has 1 aliphatic carbocycles. The molecular formula is C9H14N2. The molecule has 1 atom stereocenters. The summed E-state index contributed by atoms with van der Waals surface area (Å²) in [4.78, 5) is 4.70. The van der Waals surface area contributed by atoms with Crippen LogP contribution in [0.5, 0.6) is 0 Å². The van der Waals surface area contributed by atoms with Crippen LogP contribution in [0.25, 0.3) is 0 Å². The number of fused-ring (bicyclic) bond motifs is 1. The smallest absolute Gasteiger partial charge is 0.0704 e. The van der Waals surface area contributed by atoms with Gasteiger partial charge in [-0.1, -0.05) is 12.2 Å². The van der Waals surface area contributed by atoms with Crippen LogP contribution in [0.1, 0.15) is 6.42 Å². The SMILES string of the molecule is CN1CN(C)C2CC=CC=C21. The first-order valence-electron chi connectivity index (χ1n) is 4.07. The zero-order chi connectivity index (χ0) is 7.84. The van der Waals surface area contributed by atoms with Gasteiger partial charge in [-0.15, -0.1) is 0 Å². The van der Waals surface area contributed by atoms with Gasteiger partial charge in [-0.3, -0.25) is 4.90 Å². The summed E-state index contributed by atoms with van der Waals surface area (Å²) in [6.07, 6.45) is 7.79. The molecule has 0 aromatic carbocycles. The van der Waals surface area contributed by atoms with Gasteiger partial charge in [0.05, 0.1) is 12.7 Å². The zero-order valence-electron chi connectivity index (χ0n) is 7.12. The number of allylic oxidation sites excluding steroid dienone is 2. The highest BCUT2D eigenvalue weighted by Gasteiger charge is 2.29. The average Bonchev–Trinajstić information content (AvgIpc) is 2.30. The molecule has 1 unspecified atom stereocenters. The minimum Gasteiger partial charge on any atom is -0.364 e. The van der Waals surface area contributed by atoms with Crippen molar-refractivity contribution in [1.29, 1.82) is 0 Å². The van der Waals surface area contributed by atoms with Gasteiger partial charge in [-0.05, 0) is 19.5 Å². The summed E-state index contributed by atoms with van der Waals surface area (Å²) in [5.74, 6) is 0. The molecule has 1 fully saturated rings. The lowest BCUT2D eigenvalue weighted by Crippen LogP contribution is -2.25. The summed E-state index contributed by atoms with van der Waals surface area (Å²) in [5.41, 5.74) is 1.47. The van der Waals surface area contributed by atoms with Gasteiger partial charge in [0.25, 0.3) is 0 Å². The van der Waals surface area contributed by atoms with E-state index in [2.05, 4.69) is 42.1 Å². The van der Waals surface area contributed by atoms with E-state index in [0.29, 0.717) is 6.04 Å². The standard InChI is InChI=1S/C9H14N2/c1-10-7-11(2)9-6-4-3-5-8(9)10/h3-5,9H,6-7H2,1-2H3. The van der Waals surface area contributed by atoms with Gasteiger partial charge in [0.15, 0.2) is 0 Å². The second-order valence-corrected chi connectivity index (χ2v) is 3.37. The molecule has 0 radical (unpaired) electrons. The van der Waals surface area contributed by atoms with E-state index in [0.717, 1.165) is 6.67 Å². The molecule has 1 heterocycles. The van der Waals surface area contributed by atoms with Gasteiger partial charge >= 0.3 is 0 Å². The molecule has 0 aromatic rings. The lowest BCUT2D eigenvalue weighted by Gasteiger charge is -2.19. The number of rotatable bonds is 0. The van der Waals surface area contributed by atoms with Gasteiger partial charge in [-0.2, -0.15) is 0 Å². The molecule has 0 spiro atoms. The molecule has 0 saturated carbocycles. The van der Waals surface area contributed by atoms with Gasteiger partial charge in [-0.25, -0.2) is 0 Å². The maximum absolute atomic E-state index is 2.38. The van der Waals surface area contributed by atoms with Crippen LogP contribution >= 0.6 is 0 Å². The van der Waals surface area contributed by atoms with Crippen LogP contribution in [-0.4, -0.2) is 36.6 Å². The van der Waals surface area contributed by atoms with Crippen molar-refractivity contribution >= 4 is 0 Å². The lowest BCUT2D eigenvalue weighted by atomic mass is 10.1. The number of hydrogen-bond acceptors (Lipinski definition) is 2. The summed E-state index contributed by atoms with van der Waals surface area (Å²) in [5, 5.41) is 0. The number of likely N-dealkylation sites (N-methyl/N-ethyl adjacent to an activating group) is 2. The van der Waals surface area contributed by atoms with E-state index in [4.69, 9.17) is 0 Å². The molecule has 0 aromatic heterocycles. The van der Waals surface area contributed by atoms with Crippen LogP contribution in [-0.2, 0) is 0 Å². The number of nitrogens with zero attached hydrogens (tertiary/aromatic N) is 2. The van der Waals surface area contributed by atoms with Crippen molar-refractivity contribution in [1.82, 2.24) is 9.80 Å². The molecule has 0 bridgehead atoms. The minimum atomic E-state index is 0.644. The van der Waals surface area contributed by atoms with Crippen LogP contribution < -0.4 is 0 Å². The Bertz CT molecular complexity index is 218. The maximum Gasteiger partial charge on any atom is 0.0704 e. The summed E-state index contributed by atoms with van der Waals surface area (Å²) in [6, 6.07) is 0.644. The topological polar surface area (TPSA) is 6.48 Å². The molecule has 1 aliphatic heterocycles. The molecule has 2 nitrogen and oxygen atoms in total. The first-order valence-corrected chi connectivity index (χ1v) is 4.07.